The van der Waals surface area contributed by atoms with Gasteiger partial charge in [0.2, 0.25) is 5.91 Å². The molecule has 3 aliphatic rings. The molecular formula is C22H21ClFIN2O3. The van der Waals surface area contributed by atoms with Crippen molar-refractivity contribution < 1.29 is 18.7 Å². The van der Waals surface area contributed by atoms with E-state index in [1.165, 1.54) is 12.1 Å². The maximum Gasteiger partial charge on any atom is 0.258 e. The highest BCUT2D eigenvalue weighted by atomic mass is 127. The number of ether oxygens (including phenoxy) is 1. The Bertz CT molecular complexity index is 981. The van der Waals surface area contributed by atoms with Crippen LogP contribution in [0.5, 0.6) is 5.75 Å². The van der Waals surface area contributed by atoms with E-state index in [0.717, 1.165) is 28.0 Å². The molecule has 2 N–H and O–H groups in total. The quantitative estimate of drug-likeness (QED) is 0.519. The highest BCUT2D eigenvalue weighted by Crippen LogP contribution is 2.58. The zero-order valence-corrected chi connectivity index (χ0v) is 19.0. The van der Waals surface area contributed by atoms with Crippen molar-refractivity contribution in [1.82, 2.24) is 10.6 Å². The summed E-state index contributed by atoms with van der Waals surface area (Å²) in [6.07, 6.45) is 2.22. The van der Waals surface area contributed by atoms with Gasteiger partial charge in [0.25, 0.3) is 5.91 Å². The maximum atomic E-state index is 13.4. The molecule has 2 aromatic carbocycles. The molecule has 2 bridgehead atoms. The summed E-state index contributed by atoms with van der Waals surface area (Å²) in [6, 6.07) is 12.0. The largest absolute Gasteiger partial charge is 0.484 e. The first-order chi connectivity index (χ1) is 14.3. The molecule has 1 unspecified atom stereocenters. The number of carbonyl (C=O) groups excluding carboxylic acids is 2. The second-order valence-corrected chi connectivity index (χ2v) is 9.66. The third kappa shape index (κ3) is 4.56. The maximum absolute atomic E-state index is 13.4. The lowest BCUT2D eigenvalue weighted by atomic mass is 9.69. The molecule has 2 amide bonds. The Morgan fingerprint density at radius 1 is 1.20 bits per heavy atom. The Kier molecular flexibility index (Phi) is 6.20. The summed E-state index contributed by atoms with van der Waals surface area (Å²) >= 11 is 7.89. The number of hydrogen-bond donors (Lipinski definition) is 2. The van der Waals surface area contributed by atoms with Crippen molar-refractivity contribution >= 4 is 46.0 Å². The Labute approximate surface area is 192 Å². The Morgan fingerprint density at radius 3 is 2.73 bits per heavy atom. The summed E-state index contributed by atoms with van der Waals surface area (Å²) in [5.74, 6) is -0.261. The van der Waals surface area contributed by atoms with E-state index in [2.05, 4.69) is 33.2 Å². The molecule has 8 heteroatoms. The molecule has 0 aliphatic heterocycles. The van der Waals surface area contributed by atoms with Crippen molar-refractivity contribution in [3.05, 3.63) is 62.4 Å². The van der Waals surface area contributed by atoms with Gasteiger partial charge in [0, 0.05) is 22.2 Å². The molecule has 0 radical (unpaired) electrons. The highest BCUT2D eigenvalue weighted by molar-refractivity contribution is 14.1. The van der Waals surface area contributed by atoms with E-state index in [1.54, 1.807) is 0 Å². The average Bonchev–Trinajstić information content (AvgIpc) is 3.22. The van der Waals surface area contributed by atoms with Crippen LogP contribution in [0.25, 0.3) is 0 Å². The van der Waals surface area contributed by atoms with Crippen LogP contribution in [0.3, 0.4) is 0 Å². The van der Waals surface area contributed by atoms with Crippen LogP contribution in [-0.2, 0) is 16.1 Å². The SMILES string of the molecule is O=C(COc1ccc(Cl)c(F)c1)NC1CC2(C(=O)NCc3cccc(I)c3)CC1C2. The van der Waals surface area contributed by atoms with E-state index in [4.69, 9.17) is 16.3 Å². The van der Waals surface area contributed by atoms with Crippen LogP contribution in [0, 0.1) is 20.7 Å². The van der Waals surface area contributed by atoms with E-state index >= 15 is 0 Å². The van der Waals surface area contributed by atoms with E-state index in [9.17, 15) is 14.0 Å². The van der Waals surface area contributed by atoms with E-state index in [0.29, 0.717) is 18.9 Å². The number of halogens is 3. The minimum Gasteiger partial charge on any atom is -0.484 e. The molecule has 30 heavy (non-hydrogen) atoms. The summed E-state index contributed by atoms with van der Waals surface area (Å²) in [6.45, 7) is 0.292. The fourth-order valence-electron chi connectivity index (χ4n) is 4.41. The number of benzene rings is 2. The number of fused-ring (bicyclic) bond motifs is 1. The normalized spacial score (nSPS) is 24.1. The predicted molar refractivity (Wildman–Crippen MR) is 120 cm³/mol. The van der Waals surface area contributed by atoms with E-state index in [1.807, 2.05) is 24.3 Å². The minimum atomic E-state index is -0.593. The molecule has 3 saturated carbocycles. The number of nitrogens with one attached hydrogen (secondary N) is 2. The first-order valence-electron chi connectivity index (χ1n) is 9.75. The number of carbonyl (C=O) groups is 2. The zero-order valence-electron chi connectivity index (χ0n) is 16.1. The molecule has 0 spiro atoms. The van der Waals surface area contributed by atoms with Gasteiger partial charge in [0.05, 0.1) is 10.4 Å². The van der Waals surface area contributed by atoms with Crippen molar-refractivity contribution in [2.75, 3.05) is 6.61 Å². The van der Waals surface area contributed by atoms with Crippen LogP contribution in [0.1, 0.15) is 24.8 Å². The first kappa shape index (κ1) is 21.4. The summed E-state index contributed by atoms with van der Waals surface area (Å²) in [7, 11) is 0. The van der Waals surface area contributed by atoms with Crippen molar-refractivity contribution in [2.45, 2.75) is 31.8 Å². The lowest BCUT2D eigenvalue weighted by Gasteiger charge is -2.36. The first-order valence-corrected chi connectivity index (χ1v) is 11.2. The van der Waals surface area contributed by atoms with Gasteiger partial charge < -0.3 is 15.4 Å². The van der Waals surface area contributed by atoms with Crippen molar-refractivity contribution in [3.8, 4) is 5.75 Å². The van der Waals surface area contributed by atoms with Gasteiger partial charge in [-0.2, -0.15) is 0 Å². The Morgan fingerprint density at radius 2 is 2.00 bits per heavy atom. The zero-order chi connectivity index (χ0) is 21.3. The molecule has 158 valence electrons. The van der Waals surface area contributed by atoms with Crippen LogP contribution >= 0.6 is 34.2 Å². The van der Waals surface area contributed by atoms with Crippen LogP contribution in [0.15, 0.2) is 42.5 Å². The van der Waals surface area contributed by atoms with Crippen molar-refractivity contribution in [2.24, 2.45) is 11.3 Å². The van der Waals surface area contributed by atoms with Crippen molar-refractivity contribution in [3.63, 3.8) is 0 Å². The van der Waals surface area contributed by atoms with Crippen LogP contribution in [-0.4, -0.2) is 24.5 Å². The monoisotopic (exact) mass is 542 g/mol. The lowest BCUT2D eigenvalue weighted by Crippen LogP contribution is -2.44. The summed E-state index contributed by atoms with van der Waals surface area (Å²) in [5, 5.41) is 6.02. The van der Waals surface area contributed by atoms with Crippen LogP contribution in [0.2, 0.25) is 5.02 Å². The summed E-state index contributed by atoms with van der Waals surface area (Å²) in [5.41, 5.74) is 0.686. The van der Waals surface area contributed by atoms with E-state index in [-0.39, 0.29) is 40.7 Å². The van der Waals surface area contributed by atoms with Gasteiger partial charge in [0.1, 0.15) is 11.6 Å². The standard InChI is InChI=1S/C22H21ClFIN2O3/c23-17-5-4-16(7-18(17)24)30-12-20(28)27-19-10-22(8-14(19)9-22)21(29)26-11-13-2-1-3-15(25)6-13/h1-7,14,19H,8-12H2,(H,26,29)(H,27,28). The van der Waals surface area contributed by atoms with Gasteiger partial charge in [-0.3, -0.25) is 9.59 Å². The summed E-state index contributed by atoms with van der Waals surface area (Å²) in [4.78, 5) is 25.0. The number of hydrogen-bond acceptors (Lipinski definition) is 3. The van der Waals surface area contributed by atoms with Crippen molar-refractivity contribution in [1.29, 1.82) is 0 Å². The van der Waals surface area contributed by atoms with Gasteiger partial charge in [-0.15, -0.1) is 0 Å². The van der Waals surface area contributed by atoms with Gasteiger partial charge in [-0.1, -0.05) is 23.7 Å². The topological polar surface area (TPSA) is 67.4 Å². The van der Waals surface area contributed by atoms with Gasteiger partial charge in [0.15, 0.2) is 6.61 Å². The fraction of sp³-hybridized carbons (Fsp3) is 0.364. The smallest absolute Gasteiger partial charge is 0.258 e. The Balaban J connectivity index is 1.25. The van der Waals surface area contributed by atoms with Crippen LogP contribution in [0.4, 0.5) is 4.39 Å². The second-order valence-electron chi connectivity index (χ2n) is 8.00. The molecule has 0 heterocycles. The molecule has 5 nitrogen and oxygen atoms in total. The number of rotatable bonds is 7. The van der Waals surface area contributed by atoms with Gasteiger partial charge >= 0.3 is 0 Å². The Hall–Kier alpha value is -1.87. The van der Waals surface area contributed by atoms with Gasteiger partial charge in [-0.25, -0.2) is 4.39 Å². The molecule has 0 aromatic heterocycles. The fourth-order valence-corrected chi connectivity index (χ4v) is 5.14. The highest BCUT2D eigenvalue weighted by Gasteiger charge is 2.60. The molecule has 1 atom stereocenters. The summed E-state index contributed by atoms with van der Waals surface area (Å²) < 4.78 is 19.9. The molecule has 3 aliphatic carbocycles. The molecule has 0 saturated heterocycles. The molecule has 5 rings (SSSR count). The van der Waals surface area contributed by atoms with Crippen LogP contribution < -0.4 is 15.4 Å². The molecule has 3 fully saturated rings. The average molecular weight is 543 g/mol. The van der Waals surface area contributed by atoms with Gasteiger partial charge in [-0.05, 0) is 77.6 Å². The minimum absolute atomic E-state index is 0.00288. The van der Waals surface area contributed by atoms with E-state index < -0.39 is 5.82 Å². The second kappa shape index (κ2) is 8.70. The lowest BCUT2D eigenvalue weighted by molar-refractivity contribution is -0.135. The predicted octanol–water partition coefficient (Wildman–Crippen LogP) is 4.06. The number of amides is 2. The molecule has 2 aromatic rings. The third-order valence-corrected chi connectivity index (χ3v) is 6.89. The third-order valence-electron chi connectivity index (χ3n) is 5.92. The molecular weight excluding hydrogens is 522 g/mol.